The number of pyridine rings is 1. The Bertz CT molecular complexity index is 775. The molecular weight excluding hydrogens is 274 g/mol. The van der Waals surface area contributed by atoms with E-state index in [1.54, 1.807) is 0 Å². The van der Waals surface area contributed by atoms with E-state index in [1.807, 2.05) is 36.4 Å². The third-order valence-electron chi connectivity index (χ3n) is 3.73. The van der Waals surface area contributed by atoms with Crippen LogP contribution in [0, 0.1) is 6.92 Å². The second-order valence-corrected chi connectivity index (χ2v) is 5.34. The first-order chi connectivity index (χ1) is 10.7. The van der Waals surface area contributed by atoms with E-state index in [1.165, 1.54) is 0 Å². The number of hydrogen-bond donors (Lipinski definition) is 1. The largest absolute Gasteiger partial charge is 0.494 e. The van der Waals surface area contributed by atoms with Crippen LogP contribution in [0.25, 0.3) is 16.9 Å². The molecule has 2 N–H and O–H groups in total. The van der Waals surface area contributed by atoms with E-state index < -0.39 is 0 Å². The number of ether oxygens (including phenoxy) is 1. The van der Waals surface area contributed by atoms with Crippen molar-refractivity contribution in [2.24, 2.45) is 5.73 Å². The first-order valence-corrected chi connectivity index (χ1v) is 7.65. The topological polar surface area (TPSA) is 52.5 Å². The molecule has 0 bridgehead atoms. The first-order valence-electron chi connectivity index (χ1n) is 7.65. The number of rotatable bonds is 5. The predicted octanol–water partition coefficient (Wildman–Crippen LogP) is 3.56. The number of benzene rings is 1. The molecule has 114 valence electrons. The Balaban J connectivity index is 2.04. The third-order valence-corrected chi connectivity index (χ3v) is 3.73. The van der Waals surface area contributed by atoms with Gasteiger partial charge in [-0.15, -0.1) is 0 Å². The van der Waals surface area contributed by atoms with Crippen molar-refractivity contribution < 1.29 is 4.74 Å². The average Bonchev–Trinajstić information content (AvgIpc) is 2.93. The normalized spacial score (nSPS) is 11.0. The zero-order valence-electron chi connectivity index (χ0n) is 13.0. The standard InChI is InChI=1S/C18H21N3O/c1-3-11-22-15-9-7-14(8-10-15)18-16(12-19)21-13(2)5-4-6-17(21)20-18/h4-10H,3,11-12,19H2,1-2H3. The zero-order chi connectivity index (χ0) is 15.5. The number of nitrogens with two attached hydrogens (primary N) is 1. The maximum absolute atomic E-state index is 5.98. The van der Waals surface area contributed by atoms with Crippen molar-refractivity contribution in [1.82, 2.24) is 9.38 Å². The van der Waals surface area contributed by atoms with Crippen LogP contribution in [0.4, 0.5) is 0 Å². The van der Waals surface area contributed by atoms with Crippen LogP contribution in [0.2, 0.25) is 0 Å². The fraction of sp³-hybridized carbons (Fsp3) is 0.278. The Morgan fingerprint density at radius 1 is 1.14 bits per heavy atom. The molecule has 2 aromatic heterocycles. The number of aryl methyl sites for hydroxylation is 1. The van der Waals surface area contributed by atoms with Gasteiger partial charge in [0.05, 0.1) is 18.0 Å². The molecule has 0 radical (unpaired) electrons. The lowest BCUT2D eigenvalue weighted by Crippen LogP contribution is -2.04. The Morgan fingerprint density at radius 3 is 2.59 bits per heavy atom. The van der Waals surface area contributed by atoms with Crippen LogP contribution < -0.4 is 10.5 Å². The molecule has 0 saturated carbocycles. The van der Waals surface area contributed by atoms with Gasteiger partial charge in [0.2, 0.25) is 0 Å². The van der Waals surface area contributed by atoms with Gasteiger partial charge in [-0.2, -0.15) is 0 Å². The van der Waals surface area contributed by atoms with Crippen molar-refractivity contribution in [1.29, 1.82) is 0 Å². The van der Waals surface area contributed by atoms with Crippen LogP contribution in [0.15, 0.2) is 42.5 Å². The smallest absolute Gasteiger partial charge is 0.137 e. The summed E-state index contributed by atoms with van der Waals surface area (Å²) in [5.41, 5.74) is 11.1. The molecule has 2 heterocycles. The Hall–Kier alpha value is -2.33. The quantitative estimate of drug-likeness (QED) is 0.783. The summed E-state index contributed by atoms with van der Waals surface area (Å²) in [6, 6.07) is 14.2. The summed E-state index contributed by atoms with van der Waals surface area (Å²) in [5.74, 6) is 0.889. The van der Waals surface area contributed by atoms with Crippen molar-refractivity contribution in [3.8, 4) is 17.0 Å². The van der Waals surface area contributed by atoms with E-state index >= 15 is 0 Å². The average molecular weight is 295 g/mol. The summed E-state index contributed by atoms with van der Waals surface area (Å²) >= 11 is 0. The Kier molecular flexibility index (Phi) is 4.11. The van der Waals surface area contributed by atoms with Crippen LogP contribution in [0.1, 0.15) is 24.7 Å². The van der Waals surface area contributed by atoms with Gasteiger partial charge < -0.3 is 10.5 Å². The van der Waals surface area contributed by atoms with Crippen molar-refractivity contribution in [2.75, 3.05) is 6.61 Å². The van der Waals surface area contributed by atoms with Crippen LogP contribution in [0.3, 0.4) is 0 Å². The van der Waals surface area contributed by atoms with Crippen molar-refractivity contribution in [3.63, 3.8) is 0 Å². The first kappa shape index (κ1) is 14.6. The highest BCUT2D eigenvalue weighted by atomic mass is 16.5. The van der Waals surface area contributed by atoms with Gasteiger partial charge in [-0.05, 0) is 49.7 Å². The lowest BCUT2D eigenvalue weighted by atomic mass is 10.1. The molecule has 0 aliphatic rings. The van der Waals surface area contributed by atoms with Crippen LogP contribution in [0.5, 0.6) is 5.75 Å². The second-order valence-electron chi connectivity index (χ2n) is 5.34. The van der Waals surface area contributed by atoms with E-state index in [0.29, 0.717) is 6.54 Å². The van der Waals surface area contributed by atoms with E-state index in [2.05, 4.69) is 24.3 Å². The molecule has 4 nitrogen and oxygen atoms in total. The summed E-state index contributed by atoms with van der Waals surface area (Å²) < 4.78 is 7.75. The van der Waals surface area contributed by atoms with E-state index in [-0.39, 0.29) is 0 Å². The van der Waals surface area contributed by atoms with Gasteiger partial charge >= 0.3 is 0 Å². The molecule has 0 aliphatic heterocycles. The lowest BCUT2D eigenvalue weighted by Gasteiger charge is -2.07. The monoisotopic (exact) mass is 295 g/mol. The molecule has 22 heavy (non-hydrogen) atoms. The summed E-state index contributed by atoms with van der Waals surface area (Å²) in [7, 11) is 0. The molecule has 0 saturated heterocycles. The fourth-order valence-corrected chi connectivity index (χ4v) is 2.67. The third kappa shape index (κ3) is 2.57. The number of hydrogen-bond acceptors (Lipinski definition) is 3. The van der Waals surface area contributed by atoms with Crippen LogP contribution in [-0.2, 0) is 6.54 Å². The Morgan fingerprint density at radius 2 is 1.91 bits per heavy atom. The van der Waals surface area contributed by atoms with Gasteiger partial charge in [0.15, 0.2) is 0 Å². The maximum atomic E-state index is 5.98. The van der Waals surface area contributed by atoms with Crippen LogP contribution in [-0.4, -0.2) is 16.0 Å². The molecule has 0 spiro atoms. The summed E-state index contributed by atoms with van der Waals surface area (Å²) in [4.78, 5) is 4.75. The highest BCUT2D eigenvalue weighted by Crippen LogP contribution is 2.27. The minimum Gasteiger partial charge on any atom is -0.494 e. The van der Waals surface area contributed by atoms with Gasteiger partial charge in [0, 0.05) is 17.8 Å². The summed E-state index contributed by atoms with van der Waals surface area (Å²) in [6.45, 7) is 5.36. The minimum atomic E-state index is 0.454. The molecule has 4 heteroatoms. The molecule has 1 aromatic carbocycles. The number of aromatic nitrogens is 2. The molecule has 0 amide bonds. The maximum Gasteiger partial charge on any atom is 0.137 e. The van der Waals surface area contributed by atoms with Crippen molar-refractivity contribution in [2.45, 2.75) is 26.8 Å². The van der Waals surface area contributed by atoms with Gasteiger partial charge in [0.1, 0.15) is 11.4 Å². The zero-order valence-corrected chi connectivity index (χ0v) is 13.0. The highest BCUT2D eigenvalue weighted by Gasteiger charge is 2.13. The van der Waals surface area contributed by atoms with E-state index in [4.69, 9.17) is 15.5 Å². The molecule has 3 rings (SSSR count). The van der Waals surface area contributed by atoms with Crippen molar-refractivity contribution in [3.05, 3.63) is 53.9 Å². The molecule has 0 atom stereocenters. The molecule has 0 unspecified atom stereocenters. The van der Waals surface area contributed by atoms with Crippen LogP contribution >= 0.6 is 0 Å². The number of imidazole rings is 1. The molecule has 0 aliphatic carbocycles. The van der Waals surface area contributed by atoms with Gasteiger partial charge in [-0.1, -0.05) is 13.0 Å². The summed E-state index contributed by atoms with van der Waals surface area (Å²) in [6.07, 6.45) is 1.00. The Labute approximate surface area is 130 Å². The summed E-state index contributed by atoms with van der Waals surface area (Å²) in [5, 5.41) is 0. The van der Waals surface area contributed by atoms with Gasteiger partial charge in [0.25, 0.3) is 0 Å². The number of fused-ring (bicyclic) bond motifs is 1. The van der Waals surface area contributed by atoms with Gasteiger partial charge in [-0.25, -0.2) is 4.98 Å². The SMILES string of the molecule is CCCOc1ccc(-c2nc3cccc(C)n3c2CN)cc1. The highest BCUT2D eigenvalue weighted by molar-refractivity contribution is 5.67. The fourth-order valence-electron chi connectivity index (χ4n) is 2.67. The van der Waals surface area contributed by atoms with E-state index in [9.17, 15) is 0 Å². The number of nitrogens with zero attached hydrogens (tertiary/aromatic N) is 2. The second kappa shape index (κ2) is 6.20. The molecule has 0 fully saturated rings. The minimum absolute atomic E-state index is 0.454. The van der Waals surface area contributed by atoms with E-state index in [0.717, 1.165) is 47.1 Å². The van der Waals surface area contributed by atoms with Crippen molar-refractivity contribution >= 4 is 5.65 Å². The predicted molar refractivity (Wildman–Crippen MR) is 89.0 cm³/mol. The van der Waals surface area contributed by atoms with Gasteiger partial charge in [-0.3, -0.25) is 4.40 Å². The lowest BCUT2D eigenvalue weighted by molar-refractivity contribution is 0.317. The molecule has 3 aromatic rings. The molecular formula is C18H21N3O.